The fourth-order valence-electron chi connectivity index (χ4n) is 2.29. The van der Waals surface area contributed by atoms with E-state index in [1.54, 1.807) is 6.92 Å². The smallest absolute Gasteiger partial charge is 0.366 e. The Labute approximate surface area is 161 Å². The number of nitrogens with one attached hydrogen (secondary N) is 1. The van der Waals surface area contributed by atoms with Crippen molar-refractivity contribution in [2.24, 2.45) is 5.73 Å². The third-order valence-electron chi connectivity index (χ3n) is 3.79. The number of halogens is 3. The molecule has 0 aliphatic carbocycles. The van der Waals surface area contributed by atoms with E-state index >= 15 is 0 Å². The van der Waals surface area contributed by atoms with Crippen LogP contribution in [-0.4, -0.2) is 31.7 Å². The molecule has 3 rings (SSSR count). The summed E-state index contributed by atoms with van der Waals surface area (Å²) in [5.74, 6) is -0.973. The lowest BCUT2D eigenvalue weighted by atomic mass is 10.2. The van der Waals surface area contributed by atoms with Gasteiger partial charge in [-0.05, 0) is 43.3 Å². The molecule has 1 aromatic carbocycles. The molecule has 3 N–H and O–H groups in total. The summed E-state index contributed by atoms with van der Waals surface area (Å²) in [4.78, 5) is 23.4. The number of alkyl halides is 3. The van der Waals surface area contributed by atoms with Crippen molar-refractivity contribution in [2.75, 3.05) is 5.32 Å². The number of rotatable bonds is 5. The summed E-state index contributed by atoms with van der Waals surface area (Å²) in [5.41, 5.74) is 5.31. The Hall–Kier alpha value is -3.08. The average molecular weight is 409 g/mol. The minimum Gasteiger partial charge on any atom is -0.366 e. The van der Waals surface area contributed by atoms with Crippen LogP contribution in [0.5, 0.6) is 0 Å². The van der Waals surface area contributed by atoms with Gasteiger partial charge in [0.2, 0.25) is 11.8 Å². The van der Waals surface area contributed by atoms with Crippen molar-refractivity contribution in [3.8, 4) is 0 Å². The third kappa shape index (κ3) is 4.25. The number of fused-ring (bicyclic) bond motifs is 1. The Bertz CT molecular complexity index is 1030. The minimum absolute atomic E-state index is 0.160. The molecular formula is C17H14F3N5O2S. The zero-order chi connectivity index (χ0) is 20.5. The highest BCUT2D eigenvalue weighted by Crippen LogP contribution is 2.31. The van der Waals surface area contributed by atoms with Crippen LogP contribution in [0, 0.1) is 0 Å². The standard InChI is InChI=1S/C17H14F3N5O2S/c1-9(15(27)22-12-5-2-10(3-6-12)14(21)26)28-16-24-23-13-7-4-11(8-25(13)16)17(18,19)20/h2-9H,1H3,(H2,21,26)(H,22,27). The minimum atomic E-state index is -4.50. The number of pyridine rings is 1. The van der Waals surface area contributed by atoms with Gasteiger partial charge in [0.05, 0.1) is 10.8 Å². The van der Waals surface area contributed by atoms with Crippen molar-refractivity contribution in [1.82, 2.24) is 14.6 Å². The van der Waals surface area contributed by atoms with E-state index in [1.165, 1.54) is 34.7 Å². The van der Waals surface area contributed by atoms with Crippen LogP contribution in [0.25, 0.3) is 5.65 Å². The summed E-state index contributed by atoms with van der Waals surface area (Å²) >= 11 is 0.970. The first-order valence-corrected chi connectivity index (χ1v) is 8.82. The van der Waals surface area contributed by atoms with Crippen molar-refractivity contribution in [3.63, 3.8) is 0 Å². The quantitative estimate of drug-likeness (QED) is 0.631. The maximum absolute atomic E-state index is 12.9. The molecule has 0 saturated carbocycles. The van der Waals surface area contributed by atoms with Crippen molar-refractivity contribution in [2.45, 2.75) is 23.5 Å². The number of aromatic nitrogens is 3. The van der Waals surface area contributed by atoms with Gasteiger partial charge in [0.25, 0.3) is 0 Å². The van der Waals surface area contributed by atoms with Crippen LogP contribution in [0.1, 0.15) is 22.8 Å². The number of carbonyl (C=O) groups excluding carboxylic acids is 2. The van der Waals surface area contributed by atoms with Gasteiger partial charge < -0.3 is 11.1 Å². The van der Waals surface area contributed by atoms with Crippen LogP contribution in [0.15, 0.2) is 47.8 Å². The molecule has 0 aliphatic rings. The van der Waals surface area contributed by atoms with Crippen LogP contribution in [0.2, 0.25) is 0 Å². The molecule has 1 unspecified atom stereocenters. The summed E-state index contributed by atoms with van der Waals surface area (Å²) < 4.78 is 39.9. The molecule has 11 heteroatoms. The van der Waals surface area contributed by atoms with Gasteiger partial charge in [0, 0.05) is 17.4 Å². The topological polar surface area (TPSA) is 102 Å². The second kappa shape index (κ2) is 7.50. The van der Waals surface area contributed by atoms with Gasteiger partial charge in [-0.25, -0.2) is 0 Å². The zero-order valence-electron chi connectivity index (χ0n) is 14.4. The molecule has 0 aliphatic heterocycles. The molecule has 146 valence electrons. The first-order chi connectivity index (χ1) is 13.1. The highest BCUT2D eigenvalue weighted by molar-refractivity contribution is 8.00. The van der Waals surface area contributed by atoms with E-state index in [0.29, 0.717) is 11.3 Å². The van der Waals surface area contributed by atoms with E-state index in [4.69, 9.17) is 5.73 Å². The lowest BCUT2D eigenvalue weighted by molar-refractivity contribution is -0.137. The maximum Gasteiger partial charge on any atom is 0.417 e. The lowest BCUT2D eigenvalue weighted by Crippen LogP contribution is -2.22. The van der Waals surface area contributed by atoms with Crippen molar-refractivity contribution in [1.29, 1.82) is 0 Å². The molecule has 0 fully saturated rings. The number of hydrogen-bond acceptors (Lipinski definition) is 5. The summed E-state index contributed by atoms with van der Waals surface area (Å²) in [6, 6.07) is 8.13. The summed E-state index contributed by atoms with van der Waals surface area (Å²) in [7, 11) is 0. The van der Waals surface area contributed by atoms with Gasteiger partial charge in [-0.2, -0.15) is 13.2 Å². The van der Waals surface area contributed by atoms with Gasteiger partial charge in [-0.3, -0.25) is 14.0 Å². The van der Waals surface area contributed by atoms with Crippen molar-refractivity contribution in [3.05, 3.63) is 53.7 Å². The normalized spacial score (nSPS) is 12.7. The molecule has 28 heavy (non-hydrogen) atoms. The first-order valence-electron chi connectivity index (χ1n) is 7.94. The predicted molar refractivity (Wildman–Crippen MR) is 96.9 cm³/mol. The van der Waals surface area contributed by atoms with Gasteiger partial charge in [-0.15, -0.1) is 10.2 Å². The fourth-order valence-corrected chi connectivity index (χ4v) is 3.12. The first kappa shape index (κ1) is 19.7. The molecular weight excluding hydrogens is 395 g/mol. The Morgan fingerprint density at radius 1 is 1.14 bits per heavy atom. The molecule has 2 heterocycles. The van der Waals surface area contributed by atoms with Crippen LogP contribution in [0.4, 0.5) is 18.9 Å². The van der Waals surface area contributed by atoms with Gasteiger partial charge in [0.15, 0.2) is 10.8 Å². The molecule has 0 radical (unpaired) electrons. The number of benzene rings is 1. The Kier molecular flexibility index (Phi) is 5.27. The second-order valence-electron chi connectivity index (χ2n) is 5.82. The maximum atomic E-state index is 12.9. The predicted octanol–water partition coefficient (Wildman–Crippen LogP) is 2.97. The molecule has 0 spiro atoms. The Balaban J connectivity index is 1.74. The van der Waals surface area contributed by atoms with E-state index in [-0.39, 0.29) is 16.7 Å². The summed E-state index contributed by atoms with van der Waals surface area (Å²) in [6.45, 7) is 1.59. The van der Waals surface area contributed by atoms with Crippen molar-refractivity contribution < 1.29 is 22.8 Å². The molecule has 0 saturated heterocycles. The molecule has 0 bridgehead atoms. The second-order valence-corrected chi connectivity index (χ2v) is 7.13. The third-order valence-corrected chi connectivity index (χ3v) is 4.84. The van der Waals surface area contributed by atoms with Crippen LogP contribution in [0.3, 0.4) is 0 Å². The number of thioether (sulfide) groups is 1. The number of amides is 2. The van der Waals surface area contributed by atoms with Crippen molar-refractivity contribution >= 4 is 34.9 Å². The number of nitrogens with zero attached hydrogens (tertiary/aromatic N) is 3. The largest absolute Gasteiger partial charge is 0.417 e. The zero-order valence-corrected chi connectivity index (χ0v) is 15.2. The summed E-state index contributed by atoms with van der Waals surface area (Å²) in [6.07, 6.45) is -3.61. The number of carbonyl (C=O) groups is 2. The number of hydrogen-bond donors (Lipinski definition) is 2. The van der Waals surface area contributed by atoms with E-state index < -0.39 is 22.9 Å². The average Bonchev–Trinajstić information content (AvgIpc) is 3.03. The highest BCUT2D eigenvalue weighted by Gasteiger charge is 2.31. The van der Waals surface area contributed by atoms with Crippen LogP contribution in [-0.2, 0) is 11.0 Å². The number of nitrogens with two attached hydrogens (primary N) is 1. The van der Waals surface area contributed by atoms with Crippen LogP contribution >= 0.6 is 11.8 Å². The van der Waals surface area contributed by atoms with E-state index in [9.17, 15) is 22.8 Å². The number of anilines is 1. The molecule has 7 nitrogen and oxygen atoms in total. The fraction of sp³-hybridized carbons (Fsp3) is 0.176. The molecule has 2 amide bonds. The van der Waals surface area contributed by atoms with Gasteiger partial charge in [0.1, 0.15) is 0 Å². The van der Waals surface area contributed by atoms with Crippen LogP contribution < -0.4 is 11.1 Å². The highest BCUT2D eigenvalue weighted by atomic mass is 32.2. The van der Waals surface area contributed by atoms with Gasteiger partial charge in [-0.1, -0.05) is 11.8 Å². The Morgan fingerprint density at radius 2 is 1.82 bits per heavy atom. The SMILES string of the molecule is CC(Sc1nnc2ccc(C(F)(F)F)cn12)C(=O)Nc1ccc(C(N)=O)cc1. The molecule has 3 aromatic rings. The van der Waals surface area contributed by atoms with E-state index in [2.05, 4.69) is 15.5 Å². The van der Waals surface area contributed by atoms with E-state index in [0.717, 1.165) is 24.0 Å². The van der Waals surface area contributed by atoms with E-state index in [1.807, 2.05) is 0 Å². The molecule has 1 atom stereocenters. The number of primary amides is 1. The van der Waals surface area contributed by atoms with Gasteiger partial charge >= 0.3 is 6.18 Å². The summed E-state index contributed by atoms with van der Waals surface area (Å²) in [5, 5.41) is 9.82. The monoisotopic (exact) mass is 409 g/mol. The molecule has 2 aromatic heterocycles. The Morgan fingerprint density at radius 3 is 2.43 bits per heavy atom. The lowest BCUT2D eigenvalue weighted by Gasteiger charge is -2.12.